The van der Waals surface area contributed by atoms with Crippen LogP contribution in [-0.4, -0.2) is 28.9 Å². The van der Waals surface area contributed by atoms with Gasteiger partial charge in [-0.15, -0.1) is 0 Å². The Balaban J connectivity index is 1.33. The van der Waals surface area contributed by atoms with E-state index in [4.69, 9.17) is 5.73 Å². The molecule has 0 spiro atoms. The van der Waals surface area contributed by atoms with Gasteiger partial charge in [0.2, 0.25) is 0 Å². The van der Waals surface area contributed by atoms with E-state index in [1.165, 1.54) is 5.57 Å². The fraction of sp³-hybridized carbons (Fsp3) is 0.130. The molecule has 3 N–H and O–H groups in total. The van der Waals surface area contributed by atoms with Crippen molar-refractivity contribution in [2.75, 3.05) is 24.1 Å². The van der Waals surface area contributed by atoms with Crippen LogP contribution in [0.25, 0.3) is 6.08 Å². The molecule has 1 amide bonds. The van der Waals surface area contributed by atoms with Crippen LogP contribution in [0.1, 0.15) is 21.6 Å². The summed E-state index contributed by atoms with van der Waals surface area (Å²) in [6.07, 6.45) is 4.02. The summed E-state index contributed by atoms with van der Waals surface area (Å²) in [5, 5.41) is 2.85. The summed E-state index contributed by atoms with van der Waals surface area (Å²) in [6.45, 7) is 2.78. The van der Waals surface area contributed by atoms with Gasteiger partial charge in [0.1, 0.15) is 0 Å². The van der Waals surface area contributed by atoms with Crippen LogP contribution in [0.15, 0.2) is 78.5 Å². The first-order valence-electron chi connectivity index (χ1n) is 9.25. The average molecular weight is 370 g/mol. The van der Waals surface area contributed by atoms with Gasteiger partial charge < -0.3 is 11.1 Å². The molecule has 5 nitrogen and oxygen atoms in total. The number of hydrogen-bond donors (Lipinski definition) is 2. The van der Waals surface area contributed by atoms with Gasteiger partial charge >= 0.3 is 0 Å². The maximum absolute atomic E-state index is 12.4. The SMILES string of the molecule is Nc1ccccc1NC(=O)c1ccc(C=C2CN(Cc3ccccn3)C2)cc1. The van der Waals surface area contributed by atoms with Gasteiger partial charge in [-0.05, 0) is 47.5 Å². The van der Waals surface area contributed by atoms with Crippen molar-refractivity contribution in [2.45, 2.75) is 6.54 Å². The number of carbonyl (C=O) groups excluding carboxylic acids is 1. The number of pyridine rings is 1. The van der Waals surface area contributed by atoms with Crippen LogP contribution >= 0.6 is 0 Å². The second-order valence-electron chi connectivity index (χ2n) is 6.93. The molecule has 28 heavy (non-hydrogen) atoms. The minimum absolute atomic E-state index is 0.165. The van der Waals surface area contributed by atoms with E-state index in [0.717, 1.165) is 30.9 Å². The number of anilines is 2. The number of nitrogens with zero attached hydrogens (tertiary/aromatic N) is 2. The van der Waals surface area contributed by atoms with E-state index >= 15 is 0 Å². The highest BCUT2D eigenvalue weighted by Crippen LogP contribution is 2.21. The molecule has 1 aliphatic rings. The number of nitrogens with one attached hydrogen (secondary N) is 1. The quantitative estimate of drug-likeness (QED) is 0.670. The number of hydrogen-bond acceptors (Lipinski definition) is 4. The molecule has 1 fully saturated rings. The third-order valence-electron chi connectivity index (χ3n) is 4.72. The Morgan fingerprint density at radius 1 is 1.04 bits per heavy atom. The molecule has 0 atom stereocenters. The Morgan fingerprint density at radius 3 is 2.50 bits per heavy atom. The molecule has 3 aromatic rings. The molecule has 2 heterocycles. The molecule has 1 saturated heterocycles. The highest BCUT2D eigenvalue weighted by Gasteiger charge is 2.20. The molecule has 0 bridgehead atoms. The molecule has 1 aromatic heterocycles. The van der Waals surface area contributed by atoms with E-state index < -0.39 is 0 Å². The van der Waals surface area contributed by atoms with Crippen LogP contribution in [0.3, 0.4) is 0 Å². The van der Waals surface area contributed by atoms with Gasteiger partial charge in [-0.2, -0.15) is 0 Å². The Hall–Kier alpha value is -3.44. The maximum Gasteiger partial charge on any atom is 0.255 e. The lowest BCUT2D eigenvalue weighted by atomic mass is 10.0. The fourth-order valence-electron chi connectivity index (χ4n) is 3.22. The number of carbonyl (C=O) groups is 1. The first-order valence-corrected chi connectivity index (χ1v) is 9.25. The van der Waals surface area contributed by atoms with Gasteiger partial charge in [0.15, 0.2) is 0 Å². The van der Waals surface area contributed by atoms with E-state index in [0.29, 0.717) is 16.9 Å². The van der Waals surface area contributed by atoms with Gasteiger partial charge in [-0.1, -0.05) is 36.4 Å². The molecule has 2 aromatic carbocycles. The Kier molecular flexibility index (Phi) is 5.17. The first-order chi connectivity index (χ1) is 13.7. The molecular formula is C23H22N4O. The van der Waals surface area contributed by atoms with Crippen molar-refractivity contribution in [1.29, 1.82) is 0 Å². The second-order valence-corrected chi connectivity index (χ2v) is 6.93. The van der Waals surface area contributed by atoms with Crippen molar-refractivity contribution >= 4 is 23.4 Å². The molecule has 140 valence electrons. The van der Waals surface area contributed by atoms with Gasteiger partial charge in [0.25, 0.3) is 5.91 Å². The molecule has 5 heteroatoms. The molecule has 0 radical (unpaired) electrons. The van der Waals surface area contributed by atoms with Crippen molar-refractivity contribution in [3.05, 3.63) is 95.3 Å². The van der Waals surface area contributed by atoms with E-state index in [-0.39, 0.29) is 5.91 Å². The van der Waals surface area contributed by atoms with Crippen LogP contribution in [0.4, 0.5) is 11.4 Å². The zero-order chi connectivity index (χ0) is 19.3. The van der Waals surface area contributed by atoms with Crippen molar-refractivity contribution < 1.29 is 4.79 Å². The molecule has 4 rings (SSSR count). The van der Waals surface area contributed by atoms with E-state index in [2.05, 4.69) is 27.3 Å². The summed E-state index contributed by atoms with van der Waals surface area (Å²) in [5.74, 6) is -0.165. The summed E-state index contributed by atoms with van der Waals surface area (Å²) < 4.78 is 0. The molecule has 0 aliphatic carbocycles. The normalized spacial score (nSPS) is 13.6. The van der Waals surface area contributed by atoms with Crippen molar-refractivity contribution in [2.24, 2.45) is 0 Å². The number of amides is 1. The zero-order valence-electron chi connectivity index (χ0n) is 15.5. The van der Waals surface area contributed by atoms with Gasteiger partial charge in [0, 0.05) is 31.4 Å². The van der Waals surface area contributed by atoms with E-state index in [9.17, 15) is 4.79 Å². The summed E-state index contributed by atoms with van der Waals surface area (Å²) in [7, 11) is 0. The van der Waals surface area contributed by atoms with E-state index in [1.54, 1.807) is 12.1 Å². The van der Waals surface area contributed by atoms with Crippen LogP contribution in [0, 0.1) is 0 Å². The molecule has 0 unspecified atom stereocenters. The predicted octanol–water partition coefficient (Wildman–Crippen LogP) is 3.82. The largest absolute Gasteiger partial charge is 0.397 e. The monoisotopic (exact) mass is 370 g/mol. The Bertz CT molecular complexity index is 989. The zero-order valence-corrected chi connectivity index (χ0v) is 15.5. The number of aromatic nitrogens is 1. The third kappa shape index (κ3) is 4.27. The first kappa shape index (κ1) is 17.9. The smallest absolute Gasteiger partial charge is 0.255 e. The minimum Gasteiger partial charge on any atom is -0.397 e. The summed E-state index contributed by atoms with van der Waals surface area (Å²) in [4.78, 5) is 19.1. The highest BCUT2D eigenvalue weighted by molar-refractivity contribution is 6.05. The van der Waals surface area contributed by atoms with Crippen LogP contribution in [0.2, 0.25) is 0 Å². The van der Waals surface area contributed by atoms with Crippen molar-refractivity contribution in [3.63, 3.8) is 0 Å². The van der Waals surface area contributed by atoms with Crippen molar-refractivity contribution in [3.8, 4) is 0 Å². The second kappa shape index (κ2) is 8.06. The van der Waals surface area contributed by atoms with E-state index in [1.807, 2.05) is 54.7 Å². The highest BCUT2D eigenvalue weighted by atomic mass is 16.1. The predicted molar refractivity (Wildman–Crippen MR) is 113 cm³/mol. The Labute approximate surface area is 164 Å². The standard InChI is InChI=1S/C23H22N4O/c24-21-6-1-2-7-22(21)26-23(28)19-10-8-17(9-11-19)13-18-14-27(15-18)16-20-5-3-4-12-25-20/h1-13H,14-16,24H2,(H,26,28). The number of nitrogens with two attached hydrogens (primary N) is 1. The lowest BCUT2D eigenvalue weighted by molar-refractivity contribution is 0.102. The summed E-state index contributed by atoms with van der Waals surface area (Å²) >= 11 is 0. The molecule has 1 aliphatic heterocycles. The average Bonchev–Trinajstić information content (AvgIpc) is 2.69. The molecular weight excluding hydrogens is 348 g/mol. The summed E-state index contributed by atoms with van der Waals surface area (Å²) in [6, 6.07) is 20.9. The number of rotatable bonds is 5. The lowest BCUT2D eigenvalue weighted by Crippen LogP contribution is -2.39. The topological polar surface area (TPSA) is 71.2 Å². The number of likely N-dealkylation sites (tertiary alicyclic amines) is 1. The van der Waals surface area contributed by atoms with Gasteiger partial charge in [-0.3, -0.25) is 14.7 Å². The lowest BCUT2D eigenvalue weighted by Gasteiger charge is -2.33. The number of para-hydroxylation sites is 2. The fourth-order valence-corrected chi connectivity index (χ4v) is 3.22. The maximum atomic E-state index is 12.4. The third-order valence-corrected chi connectivity index (χ3v) is 4.72. The Morgan fingerprint density at radius 2 is 1.79 bits per heavy atom. The van der Waals surface area contributed by atoms with Crippen LogP contribution < -0.4 is 11.1 Å². The number of nitrogen functional groups attached to an aromatic ring is 1. The van der Waals surface area contributed by atoms with Crippen molar-refractivity contribution in [1.82, 2.24) is 9.88 Å². The minimum atomic E-state index is -0.165. The van der Waals surface area contributed by atoms with Crippen LogP contribution in [0.5, 0.6) is 0 Å². The molecule has 0 saturated carbocycles. The summed E-state index contributed by atoms with van der Waals surface area (Å²) in [5.41, 5.74) is 11.2. The number of benzene rings is 2. The van der Waals surface area contributed by atoms with Gasteiger partial charge in [0.05, 0.1) is 17.1 Å². The van der Waals surface area contributed by atoms with Crippen LogP contribution in [-0.2, 0) is 6.54 Å². The van der Waals surface area contributed by atoms with Gasteiger partial charge in [-0.25, -0.2) is 0 Å².